The van der Waals surface area contributed by atoms with Gasteiger partial charge >= 0.3 is 19.8 Å². The first-order valence-electron chi connectivity index (χ1n) is 13.0. The molecule has 0 radical (unpaired) electrons. The molecule has 2 aromatic rings. The van der Waals surface area contributed by atoms with Gasteiger partial charge in [0.05, 0.1) is 28.4 Å². The molecule has 3 heterocycles. The van der Waals surface area contributed by atoms with Gasteiger partial charge in [0, 0.05) is 12.6 Å². The van der Waals surface area contributed by atoms with E-state index in [1.807, 2.05) is 0 Å². The highest BCUT2D eigenvalue weighted by molar-refractivity contribution is 7.48. The Morgan fingerprint density at radius 2 is 1.72 bits per heavy atom. The predicted molar refractivity (Wildman–Crippen MR) is 147 cm³/mol. The van der Waals surface area contributed by atoms with Crippen LogP contribution in [0.1, 0.15) is 53.5 Å². The van der Waals surface area contributed by atoms with Gasteiger partial charge in [-0.3, -0.25) is 18.7 Å². The zero-order valence-electron chi connectivity index (χ0n) is 24.7. The number of alkyl halides is 1. The molecule has 1 aliphatic heterocycles. The molecule has 2 aromatic heterocycles. The van der Waals surface area contributed by atoms with Crippen molar-refractivity contribution < 1.29 is 56.5 Å². The second-order valence-electron chi connectivity index (χ2n) is 11.8. The highest BCUT2D eigenvalue weighted by atomic mass is 31.2. The second kappa shape index (κ2) is 12.4. The van der Waals surface area contributed by atoms with Gasteiger partial charge < -0.3 is 30.2 Å². The quantitative estimate of drug-likeness (QED) is 0.141. The molecule has 15 nitrogen and oxygen atoms in total. The van der Waals surface area contributed by atoms with E-state index in [0.29, 0.717) is 0 Å². The first kappa shape index (κ1) is 34.3. The fraction of sp³-hybridized carbons (Fsp3) is 0.615. The lowest BCUT2D eigenvalue weighted by atomic mass is 9.98. The molecule has 1 aliphatic rings. The molecule has 3 atom stereocenters. The average molecular weight is 631 g/mol. The number of terminal acetylenes is 1. The summed E-state index contributed by atoms with van der Waals surface area (Å²) < 4.78 is 61.2. The number of fused-ring (bicyclic) bond motifs is 1. The molecule has 0 spiro atoms. The number of aliphatic hydroxyl groups is 2. The highest BCUT2D eigenvalue weighted by Crippen LogP contribution is 2.53. The summed E-state index contributed by atoms with van der Waals surface area (Å²) in [7, 11) is -4.81. The van der Waals surface area contributed by atoms with Crippen molar-refractivity contribution >= 4 is 36.6 Å². The maximum Gasteiger partial charge on any atom is 0.480 e. The van der Waals surface area contributed by atoms with Crippen molar-refractivity contribution in [3.8, 4) is 12.3 Å². The summed E-state index contributed by atoms with van der Waals surface area (Å²) in [5.41, 5.74) is 2.12. The Hall–Kier alpha value is -3.16. The lowest BCUT2D eigenvalue weighted by Gasteiger charge is -2.33. The van der Waals surface area contributed by atoms with Crippen LogP contribution in [-0.2, 0) is 47.7 Å². The van der Waals surface area contributed by atoms with Crippen molar-refractivity contribution in [1.82, 2.24) is 14.5 Å². The van der Waals surface area contributed by atoms with E-state index >= 15 is 4.39 Å². The standard InChI is InChI=1S/C26H36FN4O11P/c1-8-16-10-31(20-18(16)19(28)29-13-30-20)26(11-32)17(33)9-25(27,42-26)12-39-43(36,40-14-37-21(34)23(2,3)4)41-15-38-22(35)24(5,6)7/h1,10,13,17,32-33H,9,11-12,14-15H2,2-7H3,(H2,28,29,30)/t17-,25+,26-/m1/s1. The fourth-order valence-electron chi connectivity index (χ4n) is 3.88. The molecule has 0 aliphatic carbocycles. The zero-order valence-corrected chi connectivity index (χ0v) is 25.6. The minimum absolute atomic E-state index is 0.00156. The van der Waals surface area contributed by atoms with E-state index in [1.165, 1.54) is 6.20 Å². The third-order valence-electron chi connectivity index (χ3n) is 6.25. The first-order chi connectivity index (χ1) is 19.8. The van der Waals surface area contributed by atoms with Gasteiger partial charge in [-0.1, -0.05) is 5.92 Å². The number of nitrogen functional groups attached to an aromatic ring is 1. The molecule has 1 saturated heterocycles. The molecular formula is C26H36FN4O11P. The van der Waals surface area contributed by atoms with E-state index < -0.39 is 81.5 Å². The van der Waals surface area contributed by atoms with Gasteiger partial charge in [-0.25, -0.2) is 28.0 Å². The van der Waals surface area contributed by atoms with Gasteiger partial charge in [0.1, 0.15) is 30.5 Å². The Labute approximate surface area is 247 Å². The number of carbonyl (C=O) groups is 2. The molecule has 4 N–H and O–H groups in total. The Bertz CT molecular complexity index is 1410. The number of aliphatic hydroxyl groups excluding tert-OH is 2. The number of aromatic nitrogens is 3. The van der Waals surface area contributed by atoms with Crippen LogP contribution in [0.15, 0.2) is 12.5 Å². The molecule has 0 bridgehead atoms. The number of nitrogens with two attached hydrogens (primary N) is 1. The van der Waals surface area contributed by atoms with Crippen molar-refractivity contribution in [2.24, 2.45) is 10.8 Å². The Balaban J connectivity index is 1.83. The summed E-state index contributed by atoms with van der Waals surface area (Å²) >= 11 is 0. The van der Waals surface area contributed by atoms with Crippen LogP contribution in [0.5, 0.6) is 0 Å². The number of phosphoric ester groups is 1. The van der Waals surface area contributed by atoms with Gasteiger partial charge in [-0.2, -0.15) is 0 Å². The van der Waals surface area contributed by atoms with Gasteiger partial charge in [-0.15, -0.1) is 6.42 Å². The second-order valence-corrected chi connectivity index (χ2v) is 13.5. The van der Waals surface area contributed by atoms with Crippen molar-refractivity contribution in [1.29, 1.82) is 0 Å². The SMILES string of the molecule is C#Cc1cn([C@]2(CO)O[C@](F)(COP(=O)(OCOC(=O)C(C)(C)C)OCOC(=O)C(C)(C)C)C[C@H]2O)c2ncnc(N)c12. The molecule has 43 heavy (non-hydrogen) atoms. The molecule has 238 valence electrons. The van der Waals surface area contributed by atoms with Gasteiger partial charge in [0.2, 0.25) is 19.4 Å². The van der Waals surface area contributed by atoms with Crippen LogP contribution in [0.4, 0.5) is 10.2 Å². The summed E-state index contributed by atoms with van der Waals surface area (Å²) in [6.07, 6.45) is 5.45. The first-order valence-corrected chi connectivity index (χ1v) is 14.4. The summed E-state index contributed by atoms with van der Waals surface area (Å²) in [5.74, 6) is -1.95. The highest BCUT2D eigenvalue weighted by Gasteiger charge is 2.59. The van der Waals surface area contributed by atoms with Crippen molar-refractivity contribution in [3.63, 3.8) is 0 Å². The third kappa shape index (κ3) is 7.50. The van der Waals surface area contributed by atoms with Gasteiger partial charge in [0.15, 0.2) is 5.72 Å². The van der Waals surface area contributed by atoms with Crippen LogP contribution < -0.4 is 5.73 Å². The summed E-state index contributed by atoms with van der Waals surface area (Å²) in [6, 6.07) is 0. The Morgan fingerprint density at radius 1 is 1.16 bits per heavy atom. The number of rotatable bonds is 11. The van der Waals surface area contributed by atoms with E-state index in [2.05, 4.69) is 15.9 Å². The van der Waals surface area contributed by atoms with Crippen LogP contribution >= 0.6 is 7.82 Å². The van der Waals surface area contributed by atoms with Crippen LogP contribution in [0.25, 0.3) is 11.0 Å². The molecule has 0 saturated carbocycles. The van der Waals surface area contributed by atoms with Crippen molar-refractivity contribution in [2.45, 2.75) is 65.6 Å². The van der Waals surface area contributed by atoms with Crippen LogP contribution in [0, 0.1) is 23.2 Å². The number of nitrogens with zero attached hydrogens (tertiary/aromatic N) is 3. The van der Waals surface area contributed by atoms with E-state index in [-0.39, 0.29) is 22.4 Å². The number of halogens is 1. The number of ether oxygens (including phenoxy) is 3. The smallest absolute Gasteiger partial charge is 0.437 e. The lowest BCUT2D eigenvalue weighted by molar-refractivity contribution is -0.244. The van der Waals surface area contributed by atoms with Crippen LogP contribution in [0.3, 0.4) is 0 Å². The van der Waals surface area contributed by atoms with E-state index in [4.69, 9.17) is 39.9 Å². The molecule has 0 amide bonds. The average Bonchev–Trinajstić information content (AvgIpc) is 3.42. The lowest BCUT2D eigenvalue weighted by Crippen LogP contribution is -2.46. The summed E-state index contributed by atoms with van der Waals surface area (Å²) in [4.78, 5) is 32.2. The number of carbonyl (C=O) groups excluding carboxylic acids is 2. The molecular weight excluding hydrogens is 594 g/mol. The van der Waals surface area contributed by atoms with E-state index in [9.17, 15) is 24.4 Å². The minimum atomic E-state index is -4.81. The van der Waals surface area contributed by atoms with Gasteiger partial charge in [-0.05, 0) is 41.5 Å². The number of anilines is 1. The molecule has 0 aromatic carbocycles. The Kier molecular flexibility index (Phi) is 9.94. The molecule has 1 fully saturated rings. The Morgan fingerprint density at radius 3 is 2.21 bits per heavy atom. The van der Waals surface area contributed by atoms with Gasteiger partial charge in [0.25, 0.3) is 0 Å². The number of esters is 2. The predicted octanol–water partition coefficient (Wildman–Crippen LogP) is 2.34. The number of hydrogen-bond acceptors (Lipinski definition) is 14. The monoisotopic (exact) mass is 630 g/mol. The van der Waals surface area contributed by atoms with E-state index in [0.717, 1.165) is 10.9 Å². The summed E-state index contributed by atoms with van der Waals surface area (Å²) in [5, 5.41) is 21.5. The maximum absolute atomic E-state index is 16.1. The van der Waals surface area contributed by atoms with E-state index in [1.54, 1.807) is 41.5 Å². The molecule has 3 rings (SSSR count). The van der Waals surface area contributed by atoms with Crippen LogP contribution in [-0.4, -0.2) is 75.4 Å². The van der Waals surface area contributed by atoms with Crippen LogP contribution in [0.2, 0.25) is 0 Å². The molecule has 0 unspecified atom stereocenters. The fourth-order valence-corrected chi connectivity index (χ4v) is 4.82. The number of hydrogen-bond donors (Lipinski definition) is 3. The third-order valence-corrected chi connectivity index (χ3v) is 7.53. The van der Waals surface area contributed by atoms with Crippen molar-refractivity contribution in [3.05, 3.63) is 18.1 Å². The zero-order chi connectivity index (χ0) is 32.4. The van der Waals surface area contributed by atoms with Crippen molar-refractivity contribution in [2.75, 3.05) is 32.5 Å². The molecule has 17 heteroatoms. The topological polar surface area (TPSA) is 204 Å². The summed E-state index contributed by atoms with van der Waals surface area (Å²) in [6.45, 7) is 5.42. The maximum atomic E-state index is 16.1. The largest absolute Gasteiger partial charge is 0.480 e. The minimum Gasteiger partial charge on any atom is -0.437 e. The normalized spacial score (nSPS) is 22.8. The number of phosphoric acid groups is 1.